The maximum atomic E-state index is 5.20. The molecule has 0 aliphatic carbocycles. The van der Waals surface area contributed by atoms with Crippen LogP contribution < -0.4 is 0 Å². The number of aromatic nitrogens is 5. The molecule has 0 amide bonds. The summed E-state index contributed by atoms with van der Waals surface area (Å²) in [7, 11) is 0. The van der Waals surface area contributed by atoms with Gasteiger partial charge in [0.25, 0.3) is 0 Å². The summed E-state index contributed by atoms with van der Waals surface area (Å²) in [5.41, 5.74) is 7.43. The van der Waals surface area contributed by atoms with Gasteiger partial charge < -0.3 is 4.57 Å². The van der Waals surface area contributed by atoms with E-state index in [1.165, 1.54) is 38.0 Å². The lowest BCUT2D eigenvalue weighted by molar-refractivity contribution is 0.953. The Kier molecular flexibility index (Phi) is 6.18. The van der Waals surface area contributed by atoms with E-state index in [-0.39, 0.29) is 0 Å². The summed E-state index contributed by atoms with van der Waals surface area (Å²) in [5, 5.41) is 9.62. The van der Waals surface area contributed by atoms with E-state index in [1.807, 2.05) is 18.2 Å². The molecule has 0 N–H and O–H groups in total. The molecule has 0 atom stereocenters. The zero-order valence-electron chi connectivity index (χ0n) is 28.0. The van der Waals surface area contributed by atoms with Crippen molar-refractivity contribution in [2.75, 3.05) is 0 Å². The van der Waals surface area contributed by atoms with E-state index in [0.29, 0.717) is 17.6 Å². The van der Waals surface area contributed by atoms with Gasteiger partial charge in [0.1, 0.15) is 0 Å². The molecule has 242 valence electrons. The molecule has 3 aromatic heterocycles. The molecule has 0 radical (unpaired) electrons. The molecule has 0 aliphatic heterocycles. The number of para-hydroxylation sites is 2. The molecule has 11 aromatic rings. The number of nitrogens with zero attached hydrogens (tertiary/aromatic N) is 5. The minimum atomic E-state index is 0.583. The molecule has 0 saturated heterocycles. The third kappa shape index (κ3) is 4.33. The van der Waals surface area contributed by atoms with Crippen LogP contribution in [0, 0.1) is 0 Å². The zero-order chi connectivity index (χ0) is 34.2. The van der Waals surface area contributed by atoms with E-state index in [2.05, 4.69) is 167 Å². The minimum Gasteiger partial charge on any atom is -0.309 e. The zero-order valence-corrected chi connectivity index (χ0v) is 28.0. The lowest BCUT2D eigenvalue weighted by Gasteiger charge is -2.12. The van der Waals surface area contributed by atoms with Gasteiger partial charge in [-0.3, -0.25) is 4.57 Å². The Morgan fingerprint density at radius 2 is 0.923 bits per heavy atom. The Morgan fingerprint density at radius 1 is 0.327 bits per heavy atom. The van der Waals surface area contributed by atoms with Gasteiger partial charge in [-0.15, -0.1) is 0 Å². The third-order valence-corrected chi connectivity index (χ3v) is 10.3. The van der Waals surface area contributed by atoms with Crippen molar-refractivity contribution in [2.24, 2.45) is 0 Å². The first-order valence-electron chi connectivity index (χ1n) is 17.5. The quantitative estimate of drug-likeness (QED) is 0.188. The van der Waals surface area contributed by atoms with Gasteiger partial charge in [0.2, 0.25) is 5.95 Å². The Balaban J connectivity index is 1.17. The fourth-order valence-electron chi connectivity index (χ4n) is 7.97. The summed E-state index contributed by atoms with van der Waals surface area (Å²) in [4.78, 5) is 15.4. The number of rotatable bonds is 4. The first kappa shape index (κ1) is 28.7. The predicted octanol–water partition coefficient (Wildman–Crippen LogP) is 11.7. The lowest BCUT2D eigenvalue weighted by atomic mass is 10.0. The highest BCUT2D eigenvalue weighted by Crippen LogP contribution is 2.39. The molecular formula is C47H29N5. The molecule has 11 rings (SSSR count). The molecule has 0 fully saturated rings. The fraction of sp³-hybridized carbons (Fsp3) is 0. The van der Waals surface area contributed by atoms with E-state index in [0.717, 1.165) is 44.0 Å². The van der Waals surface area contributed by atoms with Gasteiger partial charge in [0.15, 0.2) is 11.6 Å². The van der Waals surface area contributed by atoms with Crippen molar-refractivity contribution in [3.63, 3.8) is 0 Å². The molecule has 0 unspecified atom stereocenters. The van der Waals surface area contributed by atoms with Gasteiger partial charge in [-0.1, -0.05) is 133 Å². The number of fused-ring (bicyclic) bond motifs is 9. The van der Waals surface area contributed by atoms with Crippen LogP contribution in [0.3, 0.4) is 0 Å². The topological polar surface area (TPSA) is 48.5 Å². The second kappa shape index (κ2) is 11.2. The number of hydrogen-bond acceptors (Lipinski definition) is 3. The second-order valence-corrected chi connectivity index (χ2v) is 13.3. The fourth-order valence-corrected chi connectivity index (χ4v) is 7.97. The van der Waals surface area contributed by atoms with Gasteiger partial charge >= 0.3 is 0 Å². The minimum absolute atomic E-state index is 0.583. The van der Waals surface area contributed by atoms with Crippen molar-refractivity contribution < 1.29 is 0 Å². The monoisotopic (exact) mass is 663 g/mol. The highest BCUT2D eigenvalue weighted by molar-refractivity contribution is 6.21. The molecule has 5 heteroatoms. The molecule has 0 aliphatic rings. The Hall–Kier alpha value is -7.11. The first-order valence-corrected chi connectivity index (χ1v) is 17.5. The molecule has 3 heterocycles. The Morgan fingerprint density at radius 3 is 1.75 bits per heavy atom. The average Bonchev–Trinajstić information content (AvgIpc) is 3.74. The van der Waals surface area contributed by atoms with Crippen LogP contribution in [0.4, 0.5) is 0 Å². The standard InChI is InChI=1S/C47H29N5/c1-2-14-32(15-3-1)45-48-46(34-23-22-30-12-4-5-16-33(30)28-34)50-47(49-45)52-40-20-10-8-18-37(40)39-29-35(25-27-42(39)52)51-41-21-11-9-19-38(41)44-36-17-7-6-13-31(36)24-26-43(44)51/h1-29H. The van der Waals surface area contributed by atoms with E-state index in [9.17, 15) is 0 Å². The predicted molar refractivity (Wildman–Crippen MR) is 214 cm³/mol. The summed E-state index contributed by atoms with van der Waals surface area (Å²) in [6.45, 7) is 0. The van der Waals surface area contributed by atoms with Crippen molar-refractivity contribution in [3.05, 3.63) is 176 Å². The van der Waals surface area contributed by atoms with Gasteiger partial charge in [-0.05, 0) is 64.0 Å². The van der Waals surface area contributed by atoms with E-state index >= 15 is 0 Å². The summed E-state index contributed by atoms with van der Waals surface area (Å²) in [6.07, 6.45) is 0. The van der Waals surface area contributed by atoms with Crippen LogP contribution in [0.25, 0.3) is 99.6 Å². The first-order chi connectivity index (χ1) is 25.8. The van der Waals surface area contributed by atoms with Crippen LogP contribution in [0.15, 0.2) is 176 Å². The van der Waals surface area contributed by atoms with Crippen LogP contribution in [0.5, 0.6) is 0 Å². The van der Waals surface area contributed by atoms with Crippen molar-refractivity contribution in [2.45, 2.75) is 0 Å². The SMILES string of the molecule is c1ccc(-c2nc(-c3ccc4ccccc4c3)nc(-n3c4ccccc4c4cc(-n5c6ccccc6c6c7ccccc7ccc65)ccc43)n2)cc1. The van der Waals surface area contributed by atoms with Gasteiger partial charge in [0, 0.05) is 38.4 Å². The van der Waals surface area contributed by atoms with Crippen molar-refractivity contribution >= 4 is 65.2 Å². The van der Waals surface area contributed by atoms with Crippen molar-refractivity contribution in [1.29, 1.82) is 0 Å². The van der Waals surface area contributed by atoms with Crippen LogP contribution in [-0.2, 0) is 0 Å². The highest BCUT2D eigenvalue weighted by Gasteiger charge is 2.20. The van der Waals surface area contributed by atoms with Crippen LogP contribution >= 0.6 is 0 Å². The normalized spacial score (nSPS) is 11.8. The van der Waals surface area contributed by atoms with Crippen LogP contribution in [0.2, 0.25) is 0 Å². The summed E-state index contributed by atoms with van der Waals surface area (Å²) in [6, 6.07) is 62.1. The Bertz CT molecular complexity index is 3190. The van der Waals surface area contributed by atoms with E-state index < -0.39 is 0 Å². The van der Waals surface area contributed by atoms with E-state index in [1.54, 1.807) is 0 Å². The van der Waals surface area contributed by atoms with Gasteiger partial charge in [-0.25, -0.2) is 4.98 Å². The molecule has 0 spiro atoms. The number of benzene rings is 8. The lowest BCUT2D eigenvalue weighted by Crippen LogP contribution is -2.06. The van der Waals surface area contributed by atoms with Crippen molar-refractivity contribution in [3.8, 4) is 34.4 Å². The molecule has 0 saturated carbocycles. The average molecular weight is 664 g/mol. The largest absolute Gasteiger partial charge is 0.309 e. The van der Waals surface area contributed by atoms with E-state index in [4.69, 9.17) is 15.0 Å². The molecule has 5 nitrogen and oxygen atoms in total. The smallest absolute Gasteiger partial charge is 0.238 e. The van der Waals surface area contributed by atoms with Gasteiger partial charge in [0.05, 0.1) is 22.1 Å². The highest BCUT2D eigenvalue weighted by atomic mass is 15.2. The second-order valence-electron chi connectivity index (χ2n) is 13.3. The maximum Gasteiger partial charge on any atom is 0.238 e. The third-order valence-electron chi connectivity index (χ3n) is 10.3. The molecule has 52 heavy (non-hydrogen) atoms. The molecular weight excluding hydrogens is 635 g/mol. The van der Waals surface area contributed by atoms with Crippen LogP contribution in [-0.4, -0.2) is 24.1 Å². The Labute approximate surface area is 298 Å². The molecule has 8 aromatic carbocycles. The van der Waals surface area contributed by atoms with Crippen molar-refractivity contribution in [1.82, 2.24) is 24.1 Å². The van der Waals surface area contributed by atoms with Gasteiger partial charge in [-0.2, -0.15) is 9.97 Å². The summed E-state index contributed by atoms with van der Waals surface area (Å²) >= 11 is 0. The molecule has 0 bridgehead atoms. The summed E-state index contributed by atoms with van der Waals surface area (Å²) < 4.78 is 4.59. The maximum absolute atomic E-state index is 5.20. The van der Waals surface area contributed by atoms with Crippen LogP contribution in [0.1, 0.15) is 0 Å². The summed E-state index contributed by atoms with van der Waals surface area (Å²) in [5.74, 6) is 1.85. The number of hydrogen-bond donors (Lipinski definition) is 0.